The quantitative estimate of drug-likeness (QED) is 0.407. The molecule has 0 amide bonds. The molecule has 0 unspecified atom stereocenters. The van der Waals surface area contributed by atoms with Gasteiger partial charge in [0.25, 0.3) is 0 Å². The van der Waals surface area contributed by atoms with Gasteiger partial charge in [-0.05, 0) is 0 Å². The predicted octanol–water partition coefficient (Wildman–Crippen LogP) is 1.89. The fourth-order valence-corrected chi connectivity index (χ4v) is 0.854. The molecule has 0 aliphatic carbocycles. The molecule has 0 aromatic rings. The minimum absolute atomic E-state index is 1.36. The van der Waals surface area contributed by atoms with Crippen LogP contribution in [0.3, 0.4) is 0 Å². The molecule has 2 N–H and O–H groups in total. The summed E-state index contributed by atoms with van der Waals surface area (Å²) in [5.41, 5.74) is 0. The summed E-state index contributed by atoms with van der Waals surface area (Å²) in [5, 5.41) is 1.36. The molecule has 0 atom stereocenters. The van der Waals surface area contributed by atoms with Gasteiger partial charge in [0.2, 0.25) is 0 Å². The molecule has 0 rings (SSSR count). The summed E-state index contributed by atoms with van der Waals surface area (Å²) in [7, 11) is -4.67. The molecule has 0 saturated carbocycles. The molecule has 6 heteroatoms. The van der Waals surface area contributed by atoms with E-state index in [4.69, 9.17) is 17.5 Å². The molecule has 0 spiro atoms. The first kappa shape index (κ1) is 15.9. The van der Waals surface area contributed by atoms with Gasteiger partial charge in [0.15, 0.2) is 0 Å². The Kier molecular flexibility index (Phi) is 12.9. The van der Waals surface area contributed by atoms with E-state index in [9.17, 15) is 0 Å². The molecule has 0 aliphatic heterocycles. The normalized spacial score (nSPS) is 10.5. The van der Waals surface area contributed by atoms with Gasteiger partial charge in [-0.1, -0.05) is 0 Å². The number of hydrogen-bond acceptors (Lipinski definition) is 2. The Bertz CT molecular complexity index is 165. The van der Waals surface area contributed by atoms with E-state index >= 15 is 0 Å². The van der Waals surface area contributed by atoms with Crippen LogP contribution < -0.4 is 0 Å². The average Bonchev–Trinajstić information content (AvgIpc) is 1.95. The van der Waals surface area contributed by atoms with Crippen molar-refractivity contribution in [2.24, 2.45) is 0 Å². The first-order valence-electron chi connectivity index (χ1n) is 4.61. The van der Waals surface area contributed by atoms with Gasteiger partial charge in [-0.2, -0.15) is 8.42 Å². The van der Waals surface area contributed by atoms with E-state index < -0.39 is 10.4 Å². The van der Waals surface area contributed by atoms with Gasteiger partial charge in [0.05, 0.1) is 0 Å². The summed E-state index contributed by atoms with van der Waals surface area (Å²) >= 11 is 2.26. The molecule has 13 heavy (non-hydrogen) atoms. The van der Waals surface area contributed by atoms with E-state index in [0.717, 1.165) is 0 Å². The summed E-state index contributed by atoms with van der Waals surface area (Å²) in [6.07, 6.45) is 7.12. The summed E-state index contributed by atoms with van der Waals surface area (Å²) in [5.74, 6) is 0. The zero-order valence-electron chi connectivity index (χ0n) is 8.36. The van der Waals surface area contributed by atoms with E-state index in [1.54, 1.807) is 0 Å². The fourth-order valence-electron chi connectivity index (χ4n) is 0.854. The maximum atomic E-state index is 8.74. The van der Waals surface area contributed by atoms with E-state index in [1.807, 2.05) is 0 Å². The van der Waals surface area contributed by atoms with Crippen molar-refractivity contribution < 1.29 is 17.5 Å². The third kappa shape index (κ3) is 45.7. The van der Waals surface area contributed by atoms with Crippen molar-refractivity contribution in [1.29, 1.82) is 0 Å². The van der Waals surface area contributed by atoms with Gasteiger partial charge in [0.1, 0.15) is 0 Å². The third-order valence-electron chi connectivity index (χ3n) is 1.46. The Balaban J connectivity index is 0. The number of unbranched alkanes of at least 4 members (excludes halogenated alkanes) is 4. The fraction of sp³-hybridized carbons (Fsp3) is 1.00. The summed E-state index contributed by atoms with van der Waals surface area (Å²) < 4.78 is 31.6. The molecule has 0 aromatic carbocycles. The summed E-state index contributed by atoms with van der Waals surface area (Å²) in [6, 6.07) is 0. The van der Waals surface area contributed by atoms with E-state index in [1.165, 1.54) is 37.2 Å². The third-order valence-corrected chi connectivity index (χ3v) is 1.46. The zero-order chi connectivity index (χ0) is 10.7. The Hall–Kier alpha value is 0.467. The van der Waals surface area contributed by atoms with Crippen molar-refractivity contribution in [1.82, 2.24) is 0 Å². The molecular formula is C7H17LiO4S. The summed E-state index contributed by atoms with van der Waals surface area (Å²) in [6.45, 7) is 2.26. The van der Waals surface area contributed by atoms with Crippen molar-refractivity contribution in [2.75, 3.05) is 0 Å². The van der Waals surface area contributed by atoms with Gasteiger partial charge in [-0.15, -0.1) is 0 Å². The molecule has 0 fully saturated rings. The van der Waals surface area contributed by atoms with Crippen molar-refractivity contribution in [3.8, 4) is 0 Å². The monoisotopic (exact) mass is 204 g/mol. The molecule has 0 saturated heterocycles. The Morgan fingerprint density at radius 3 is 1.77 bits per heavy atom. The van der Waals surface area contributed by atoms with Gasteiger partial charge >= 0.3 is 72.2 Å². The molecule has 0 bridgehead atoms. The standard InChI is InChI=1S/C7H15.Li.H2O4S/c1-3-5-7-6-4-2;;1-5(2,3)4/h1,3-7H2,2H3;;(H2,1,2,3,4). The van der Waals surface area contributed by atoms with Crippen molar-refractivity contribution in [3.63, 3.8) is 0 Å². The summed E-state index contributed by atoms with van der Waals surface area (Å²) in [4.78, 5) is 0. The van der Waals surface area contributed by atoms with Crippen molar-refractivity contribution >= 4 is 28.1 Å². The SMILES string of the molecule is O=S(=O)(O)O.[Li][CH2]CCCCCC. The van der Waals surface area contributed by atoms with Crippen molar-refractivity contribution in [3.05, 3.63) is 0 Å². The van der Waals surface area contributed by atoms with E-state index in [2.05, 4.69) is 24.6 Å². The average molecular weight is 204 g/mol. The molecular weight excluding hydrogens is 187 g/mol. The molecule has 0 radical (unpaired) electrons. The number of rotatable bonds is 5. The molecule has 0 heterocycles. The topological polar surface area (TPSA) is 74.6 Å². The predicted molar refractivity (Wildman–Crippen MR) is 53.5 cm³/mol. The molecule has 0 aliphatic rings. The Morgan fingerprint density at radius 2 is 1.46 bits per heavy atom. The maximum absolute atomic E-state index is 8.74. The van der Waals surface area contributed by atoms with Crippen molar-refractivity contribution in [2.45, 2.75) is 44.1 Å². The van der Waals surface area contributed by atoms with Gasteiger partial charge in [-0.3, -0.25) is 9.11 Å². The second-order valence-electron chi connectivity index (χ2n) is 2.86. The van der Waals surface area contributed by atoms with Gasteiger partial charge in [0, 0.05) is 0 Å². The van der Waals surface area contributed by atoms with Crippen LogP contribution in [0.15, 0.2) is 0 Å². The Morgan fingerprint density at radius 1 is 1.08 bits per heavy atom. The van der Waals surface area contributed by atoms with Crippen LogP contribution in [0.1, 0.15) is 39.0 Å². The van der Waals surface area contributed by atoms with E-state index in [-0.39, 0.29) is 0 Å². The van der Waals surface area contributed by atoms with Gasteiger partial charge < -0.3 is 0 Å². The van der Waals surface area contributed by atoms with Crippen LogP contribution in [0.25, 0.3) is 0 Å². The number of hydrogen-bond donors (Lipinski definition) is 2. The van der Waals surface area contributed by atoms with Gasteiger partial charge in [-0.25, -0.2) is 0 Å². The second-order valence-corrected chi connectivity index (χ2v) is 3.76. The van der Waals surface area contributed by atoms with Crippen LogP contribution in [0.4, 0.5) is 0 Å². The van der Waals surface area contributed by atoms with Crippen LogP contribution in [-0.4, -0.2) is 35.2 Å². The van der Waals surface area contributed by atoms with Crippen LogP contribution in [-0.2, 0) is 10.4 Å². The molecule has 0 aromatic heterocycles. The first-order valence-corrected chi connectivity index (χ1v) is 6.01. The molecule has 4 nitrogen and oxygen atoms in total. The van der Waals surface area contributed by atoms with Crippen LogP contribution >= 0.6 is 0 Å². The van der Waals surface area contributed by atoms with E-state index in [0.29, 0.717) is 0 Å². The van der Waals surface area contributed by atoms with Crippen LogP contribution in [0, 0.1) is 0 Å². The first-order chi connectivity index (χ1) is 5.91. The second kappa shape index (κ2) is 10.5. The Labute approximate surface area is 89.9 Å². The minimum atomic E-state index is -4.67. The van der Waals surface area contributed by atoms with Crippen LogP contribution in [0.2, 0.25) is 5.09 Å². The molecule has 76 valence electrons. The zero-order valence-corrected chi connectivity index (χ0v) is 9.18. The van der Waals surface area contributed by atoms with Crippen LogP contribution in [0.5, 0.6) is 0 Å².